The first-order valence-corrected chi connectivity index (χ1v) is 4.69. The van der Waals surface area contributed by atoms with Gasteiger partial charge in [-0.05, 0) is 13.0 Å². The van der Waals surface area contributed by atoms with E-state index in [1.54, 1.807) is 14.0 Å². The third-order valence-electron chi connectivity index (χ3n) is 2.02. The summed E-state index contributed by atoms with van der Waals surface area (Å²) in [5.74, 6) is -0.398. The predicted molar refractivity (Wildman–Crippen MR) is 55.1 cm³/mol. The SMILES string of the molecule is CC(O)CN(C)c1nccc(CO)c1F. The fraction of sp³-hybridized carbons (Fsp3) is 0.500. The second-order valence-electron chi connectivity index (χ2n) is 3.50. The quantitative estimate of drug-likeness (QED) is 0.767. The van der Waals surface area contributed by atoms with Gasteiger partial charge in [0.05, 0.1) is 12.7 Å². The highest BCUT2D eigenvalue weighted by Crippen LogP contribution is 2.18. The summed E-state index contributed by atoms with van der Waals surface area (Å²) in [5.41, 5.74) is 0.206. The molecule has 1 atom stereocenters. The van der Waals surface area contributed by atoms with Gasteiger partial charge in [0.25, 0.3) is 0 Å². The largest absolute Gasteiger partial charge is 0.392 e. The molecule has 84 valence electrons. The van der Waals surface area contributed by atoms with Gasteiger partial charge < -0.3 is 15.1 Å². The number of nitrogens with zero attached hydrogens (tertiary/aromatic N) is 2. The van der Waals surface area contributed by atoms with Gasteiger partial charge >= 0.3 is 0 Å². The van der Waals surface area contributed by atoms with Gasteiger partial charge in [0, 0.05) is 25.4 Å². The minimum atomic E-state index is -0.561. The van der Waals surface area contributed by atoms with Crippen LogP contribution in [0.15, 0.2) is 12.3 Å². The van der Waals surface area contributed by atoms with Crippen LogP contribution >= 0.6 is 0 Å². The van der Waals surface area contributed by atoms with E-state index in [9.17, 15) is 4.39 Å². The maximum Gasteiger partial charge on any atom is 0.171 e. The van der Waals surface area contributed by atoms with Crippen molar-refractivity contribution in [2.75, 3.05) is 18.5 Å². The molecular formula is C10H15FN2O2. The Kier molecular flexibility index (Phi) is 3.99. The van der Waals surface area contributed by atoms with Gasteiger partial charge in [-0.1, -0.05) is 0 Å². The zero-order valence-electron chi connectivity index (χ0n) is 8.81. The Bertz CT molecular complexity index is 331. The second-order valence-corrected chi connectivity index (χ2v) is 3.50. The molecule has 0 spiro atoms. The Morgan fingerprint density at radius 2 is 2.27 bits per heavy atom. The number of aromatic nitrogens is 1. The molecule has 1 rings (SSSR count). The van der Waals surface area contributed by atoms with Crippen LogP contribution in [-0.2, 0) is 6.61 Å². The van der Waals surface area contributed by atoms with Crippen LogP contribution in [0.1, 0.15) is 12.5 Å². The molecule has 15 heavy (non-hydrogen) atoms. The molecule has 1 heterocycles. The number of likely N-dealkylation sites (N-methyl/N-ethyl adjacent to an activating group) is 1. The molecule has 0 saturated carbocycles. The molecule has 0 aromatic carbocycles. The van der Waals surface area contributed by atoms with Crippen molar-refractivity contribution in [3.63, 3.8) is 0 Å². The smallest absolute Gasteiger partial charge is 0.171 e. The summed E-state index contributed by atoms with van der Waals surface area (Å²) in [6, 6.07) is 1.43. The Hall–Kier alpha value is -1.20. The van der Waals surface area contributed by atoms with Crippen molar-refractivity contribution in [2.45, 2.75) is 19.6 Å². The van der Waals surface area contributed by atoms with Gasteiger partial charge in [0.15, 0.2) is 11.6 Å². The fourth-order valence-corrected chi connectivity index (χ4v) is 1.34. The highest BCUT2D eigenvalue weighted by Gasteiger charge is 2.13. The molecule has 0 amide bonds. The Balaban J connectivity index is 2.93. The van der Waals surface area contributed by atoms with Crippen molar-refractivity contribution in [2.24, 2.45) is 0 Å². The molecule has 5 heteroatoms. The number of halogens is 1. The molecule has 4 nitrogen and oxygen atoms in total. The van der Waals surface area contributed by atoms with E-state index in [2.05, 4.69) is 4.98 Å². The van der Waals surface area contributed by atoms with E-state index < -0.39 is 11.9 Å². The average molecular weight is 214 g/mol. The van der Waals surface area contributed by atoms with Gasteiger partial charge in [0.2, 0.25) is 0 Å². The summed E-state index contributed by atoms with van der Waals surface area (Å²) < 4.78 is 13.6. The highest BCUT2D eigenvalue weighted by atomic mass is 19.1. The number of aliphatic hydroxyl groups is 2. The molecule has 0 aliphatic rings. The molecule has 0 fully saturated rings. The van der Waals surface area contributed by atoms with Crippen LogP contribution in [0, 0.1) is 5.82 Å². The monoisotopic (exact) mass is 214 g/mol. The van der Waals surface area contributed by atoms with Crippen molar-refractivity contribution in [1.29, 1.82) is 0 Å². The zero-order chi connectivity index (χ0) is 11.4. The standard InChI is InChI=1S/C10H15FN2O2/c1-7(15)5-13(2)10-9(11)8(6-14)3-4-12-10/h3-4,7,14-15H,5-6H2,1-2H3. The number of rotatable bonds is 4. The van der Waals surface area contributed by atoms with Crippen LogP contribution < -0.4 is 4.90 Å². The third-order valence-corrected chi connectivity index (χ3v) is 2.02. The summed E-state index contributed by atoms with van der Waals surface area (Å²) in [7, 11) is 1.64. The lowest BCUT2D eigenvalue weighted by Gasteiger charge is -2.20. The molecule has 0 saturated heterocycles. The predicted octanol–water partition coefficient (Wildman–Crippen LogP) is 0.530. The van der Waals surface area contributed by atoms with E-state index in [0.29, 0.717) is 6.54 Å². The summed E-state index contributed by atoms with van der Waals surface area (Å²) >= 11 is 0. The van der Waals surface area contributed by atoms with Crippen molar-refractivity contribution in [3.8, 4) is 0 Å². The number of anilines is 1. The zero-order valence-corrected chi connectivity index (χ0v) is 8.81. The molecule has 0 radical (unpaired) electrons. The molecule has 1 aromatic rings. The van der Waals surface area contributed by atoms with Crippen LogP contribution in [0.25, 0.3) is 0 Å². The van der Waals surface area contributed by atoms with Crippen LogP contribution in [0.5, 0.6) is 0 Å². The lowest BCUT2D eigenvalue weighted by Crippen LogP contribution is -2.28. The van der Waals surface area contributed by atoms with Crippen molar-refractivity contribution >= 4 is 5.82 Å². The normalized spacial score (nSPS) is 12.6. The van der Waals surface area contributed by atoms with E-state index in [4.69, 9.17) is 10.2 Å². The first kappa shape index (κ1) is 11.9. The van der Waals surface area contributed by atoms with Crippen LogP contribution in [0.2, 0.25) is 0 Å². The Labute approximate surface area is 88.0 Å². The molecule has 1 unspecified atom stereocenters. The van der Waals surface area contributed by atoms with Crippen molar-refractivity contribution in [3.05, 3.63) is 23.6 Å². The number of hydrogen-bond acceptors (Lipinski definition) is 4. The summed E-state index contributed by atoms with van der Waals surface area (Å²) in [4.78, 5) is 5.38. The highest BCUT2D eigenvalue weighted by molar-refractivity contribution is 5.42. The summed E-state index contributed by atoms with van der Waals surface area (Å²) in [5, 5.41) is 18.0. The summed E-state index contributed by atoms with van der Waals surface area (Å²) in [6.07, 6.45) is 0.872. The number of hydrogen-bond donors (Lipinski definition) is 2. The van der Waals surface area contributed by atoms with Gasteiger partial charge in [-0.2, -0.15) is 0 Å². The third kappa shape index (κ3) is 2.87. The van der Waals surface area contributed by atoms with E-state index >= 15 is 0 Å². The van der Waals surface area contributed by atoms with Crippen LogP contribution in [0.3, 0.4) is 0 Å². The molecule has 2 N–H and O–H groups in total. The fourth-order valence-electron chi connectivity index (χ4n) is 1.34. The van der Waals surface area contributed by atoms with Crippen molar-refractivity contribution < 1.29 is 14.6 Å². The van der Waals surface area contributed by atoms with Gasteiger partial charge in [-0.3, -0.25) is 0 Å². The molecule has 0 aliphatic carbocycles. The lowest BCUT2D eigenvalue weighted by atomic mass is 10.2. The van der Waals surface area contributed by atoms with Crippen molar-refractivity contribution in [1.82, 2.24) is 4.98 Å². The maximum absolute atomic E-state index is 13.6. The molecule has 1 aromatic heterocycles. The minimum Gasteiger partial charge on any atom is -0.392 e. The van der Waals surface area contributed by atoms with E-state index in [1.165, 1.54) is 17.2 Å². The average Bonchev–Trinajstić information content (AvgIpc) is 2.17. The first-order chi connectivity index (χ1) is 7.06. The summed E-state index contributed by atoms with van der Waals surface area (Å²) in [6.45, 7) is 1.55. The van der Waals surface area contributed by atoms with Crippen LogP contribution in [0.4, 0.5) is 10.2 Å². The van der Waals surface area contributed by atoms with E-state index in [1.807, 2.05) is 0 Å². The molecular weight excluding hydrogens is 199 g/mol. The topological polar surface area (TPSA) is 56.6 Å². The Morgan fingerprint density at radius 1 is 1.60 bits per heavy atom. The minimum absolute atomic E-state index is 0.141. The maximum atomic E-state index is 13.6. The van der Waals surface area contributed by atoms with E-state index in [-0.39, 0.29) is 18.0 Å². The van der Waals surface area contributed by atoms with E-state index in [0.717, 1.165) is 0 Å². The van der Waals surface area contributed by atoms with Gasteiger partial charge in [-0.25, -0.2) is 9.37 Å². The van der Waals surface area contributed by atoms with Gasteiger partial charge in [0.1, 0.15) is 0 Å². The number of aliphatic hydroxyl groups excluding tert-OH is 2. The van der Waals surface area contributed by atoms with Crippen LogP contribution in [-0.4, -0.2) is 34.9 Å². The second kappa shape index (κ2) is 5.04. The number of pyridine rings is 1. The Morgan fingerprint density at radius 3 is 2.80 bits per heavy atom. The lowest BCUT2D eigenvalue weighted by molar-refractivity contribution is 0.201. The molecule has 0 aliphatic heterocycles. The first-order valence-electron chi connectivity index (χ1n) is 4.69. The molecule has 0 bridgehead atoms. The van der Waals surface area contributed by atoms with Gasteiger partial charge in [-0.15, -0.1) is 0 Å².